The average molecular weight is 221 g/mol. The summed E-state index contributed by atoms with van der Waals surface area (Å²) in [6.45, 7) is 1.52. The lowest BCUT2D eigenvalue weighted by atomic mass is 10.1. The number of hydrogen-bond acceptors (Lipinski definition) is 3. The van der Waals surface area contributed by atoms with Gasteiger partial charge in [0, 0.05) is 24.6 Å². The minimum Gasteiger partial charge on any atom is -0.400 e. The molecule has 84 valence electrons. The van der Waals surface area contributed by atoms with Crippen molar-refractivity contribution in [3.05, 3.63) is 29.1 Å². The van der Waals surface area contributed by atoms with E-state index < -0.39 is 11.7 Å². The maximum atomic E-state index is 12.2. The second kappa shape index (κ2) is 5.45. The van der Waals surface area contributed by atoms with E-state index in [4.69, 9.17) is 5.11 Å². The topological polar surface area (TPSA) is 50.2 Å². The van der Waals surface area contributed by atoms with E-state index in [9.17, 15) is 18.0 Å². The van der Waals surface area contributed by atoms with Crippen molar-refractivity contribution in [2.24, 2.45) is 0 Å². The molecule has 0 aliphatic rings. The summed E-state index contributed by atoms with van der Waals surface area (Å²) >= 11 is 0. The van der Waals surface area contributed by atoms with Crippen LogP contribution in [0, 0.1) is 6.92 Å². The Hall–Kier alpha value is -1.43. The molecule has 0 saturated carbocycles. The fraction of sp³-hybridized carbons (Fsp3) is 0.333. The largest absolute Gasteiger partial charge is 0.418 e. The normalized spacial score (nSPS) is 10.3. The zero-order chi connectivity index (χ0) is 12.1. The predicted molar refractivity (Wildman–Crippen MR) is 47.5 cm³/mol. The molecule has 0 aliphatic heterocycles. The van der Waals surface area contributed by atoms with Gasteiger partial charge < -0.3 is 5.11 Å². The lowest BCUT2D eigenvalue weighted by Crippen LogP contribution is -2.09. The molecule has 0 spiro atoms. The number of nitrogens with zero attached hydrogens (tertiary/aromatic N) is 1. The first-order chi connectivity index (χ1) is 6.95. The molecule has 3 nitrogen and oxygen atoms in total. The molecule has 1 heterocycles. The van der Waals surface area contributed by atoms with Crippen LogP contribution in [0.25, 0.3) is 0 Å². The molecule has 0 fully saturated rings. The summed E-state index contributed by atoms with van der Waals surface area (Å²) in [5, 5.41) is 7.00. The number of alkyl halides is 3. The summed E-state index contributed by atoms with van der Waals surface area (Å²) in [6.07, 6.45) is -3.67. The Morgan fingerprint density at radius 3 is 2.33 bits per heavy atom. The van der Waals surface area contributed by atoms with Crippen molar-refractivity contribution in [3.63, 3.8) is 0 Å². The van der Waals surface area contributed by atoms with Crippen LogP contribution in [0.5, 0.6) is 0 Å². The van der Waals surface area contributed by atoms with Crippen molar-refractivity contribution in [1.82, 2.24) is 4.98 Å². The Morgan fingerprint density at radius 1 is 1.40 bits per heavy atom. The molecule has 0 aromatic carbocycles. The van der Waals surface area contributed by atoms with E-state index in [0.717, 1.165) is 13.2 Å². The number of aliphatic hydroxyl groups excluding tert-OH is 1. The van der Waals surface area contributed by atoms with Gasteiger partial charge in [0.2, 0.25) is 0 Å². The first kappa shape index (κ1) is 13.6. The number of hydrogen-bond donors (Lipinski definition) is 1. The molecule has 0 unspecified atom stereocenters. The highest BCUT2D eigenvalue weighted by atomic mass is 19.4. The van der Waals surface area contributed by atoms with E-state index in [1.807, 2.05) is 0 Å². The van der Waals surface area contributed by atoms with Gasteiger partial charge in [0.05, 0.1) is 5.56 Å². The van der Waals surface area contributed by atoms with Crippen LogP contribution in [0.3, 0.4) is 0 Å². The Morgan fingerprint density at radius 2 is 1.93 bits per heavy atom. The molecule has 0 atom stereocenters. The molecule has 0 radical (unpaired) electrons. The fourth-order valence-electron chi connectivity index (χ4n) is 0.915. The van der Waals surface area contributed by atoms with Gasteiger partial charge in [-0.05, 0) is 13.0 Å². The highest BCUT2D eigenvalue weighted by Crippen LogP contribution is 2.30. The van der Waals surface area contributed by atoms with Crippen LogP contribution in [0.2, 0.25) is 0 Å². The van der Waals surface area contributed by atoms with Gasteiger partial charge in [0.1, 0.15) is 0 Å². The van der Waals surface area contributed by atoms with E-state index in [-0.39, 0.29) is 11.8 Å². The Balaban J connectivity index is 0.000000921. The fourth-order valence-corrected chi connectivity index (χ4v) is 0.915. The summed E-state index contributed by atoms with van der Waals surface area (Å²) in [5.74, 6) is 0. The van der Waals surface area contributed by atoms with Gasteiger partial charge in [0.25, 0.3) is 0 Å². The van der Waals surface area contributed by atoms with Crippen LogP contribution >= 0.6 is 0 Å². The number of carbonyl (C=O) groups is 1. The number of rotatable bonds is 1. The van der Waals surface area contributed by atoms with Gasteiger partial charge in [0.15, 0.2) is 6.29 Å². The molecular formula is C9H10F3NO2. The van der Waals surface area contributed by atoms with Gasteiger partial charge in [-0.15, -0.1) is 0 Å². The van der Waals surface area contributed by atoms with Gasteiger partial charge in [-0.1, -0.05) is 0 Å². The number of aldehydes is 1. The molecule has 6 heteroatoms. The summed E-state index contributed by atoms with van der Waals surface area (Å²) in [4.78, 5) is 13.8. The molecular weight excluding hydrogens is 211 g/mol. The van der Waals surface area contributed by atoms with Gasteiger partial charge >= 0.3 is 6.18 Å². The zero-order valence-corrected chi connectivity index (χ0v) is 8.17. The van der Waals surface area contributed by atoms with E-state index in [0.29, 0.717) is 11.9 Å². The summed E-state index contributed by atoms with van der Waals surface area (Å²) < 4.78 is 36.5. The number of aliphatic hydroxyl groups is 1. The molecule has 1 rings (SSSR count). The quantitative estimate of drug-likeness (QED) is 0.736. The predicted octanol–water partition coefficient (Wildman–Crippen LogP) is 1.83. The van der Waals surface area contributed by atoms with E-state index in [1.54, 1.807) is 0 Å². The molecule has 15 heavy (non-hydrogen) atoms. The van der Waals surface area contributed by atoms with Gasteiger partial charge in [-0.3, -0.25) is 9.78 Å². The third kappa shape index (κ3) is 3.67. The lowest BCUT2D eigenvalue weighted by molar-refractivity contribution is -0.138. The second-order valence-electron chi connectivity index (χ2n) is 2.53. The third-order valence-electron chi connectivity index (χ3n) is 1.51. The summed E-state index contributed by atoms with van der Waals surface area (Å²) in [5.41, 5.74) is -0.983. The minimum absolute atomic E-state index is 0.178. The Kier molecular flexibility index (Phi) is 4.93. The van der Waals surface area contributed by atoms with Crippen LogP contribution in [0.15, 0.2) is 12.3 Å². The second-order valence-corrected chi connectivity index (χ2v) is 2.53. The molecule has 0 amide bonds. The van der Waals surface area contributed by atoms with Crippen LogP contribution in [-0.2, 0) is 6.18 Å². The SMILES string of the molecule is CO.Cc1cc(C=O)c(C(F)(F)F)cn1. The monoisotopic (exact) mass is 221 g/mol. The van der Waals surface area contributed by atoms with Crippen LogP contribution in [0.4, 0.5) is 13.2 Å². The number of pyridine rings is 1. The van der Waals surface area contributed by atoms with Crippen LogP contribution in [0.1, 0.15) is 21.6 Å². The average Bonchev–Trinajstić information content (AvgIpc) is 2.18. The van der Waals surface area contributed by atoms with Crippen LogP contribution in [-0.4, -0.2) is 23.5 Å². The lowest BCUT2D eigenvalue weighted by Gasteiger charge is -2.08. The maximum Gasteiger partial charge on any atom is 0.418 e. The van der Waals surface area contributed by atoms with Crippen molar-refractivity contribution in [2.75, 3.05) is 7.11 Å². The number of aryl methyl sites for hydroxylation is 1. The summed E-state index contributed by atoms with van der Waals surface area (Å²) in [7, 11) is 1.00. The Labute approximate surface area is 84.6 Å². The van der Waals surface area contributed by atoms with Crippen molar-refractivity contribution in [3.8, 4) is 0 Å². The smallest absolute Gasteiger partial charge is 0.400 e. The van der Waals surface area contributed by atoms with E-state index >= 15 is 0 Å². The van der Waals surface area contributed by atoms with Crippen LogP contribution < -0.4 is 0 Å². The minimum atomic E-state index is -4.52. The molecule has 1 aromatic heterocycles. The van der Waals surface area contributed by atoms with E-state index in [2.05, 4.69) is 4.98 Å². The van der Waals surface area contributed by atoms with Crippen molar-refractivity contribution in [1.29, 1.82) is 0 Å². The third-order valence-corrected chi connectivity index (χ3v) is 1.51. The Bertz CT molecular complexity index is 337. The van der Waals surface area contributed by atoms with Gasteiger partial charge in [-0.25, -0.2) is 0 Å². The number of aromatic nitrogens is 1. The highest BCUT2D eigenvalue weighted by molar-refractivity contribution is 5.77. The molecule has 1 aromatic rings. The molecule has 0 aliphatic carbocycles. The zero-order valence-electron chi connectivity index (χ0n) is 8.17. The van der Waals surface area contributed by atoms with E-state index in [1.165, 1.54) is 6.92 Å². The number of halogens is 3. The van der Waals surface area contributed by atoms with Crippen molar-refractivity contribution < 1.29 is 23.1 Å². The first-order valence-corrected chi connectivity index (χ1v) is 3.89. The molecule has 0 bridgehead atoms. The highest BCUT2D eigenvalue weighted by Gasteiger charge is 2.33. The van der Waals surface area contributed by atoms with Crippen molar-refractivity contribution in [2.45, 2.75) is 13.1 Å². The van der Waals surface area contributed by atoms with Crippen molar-refractivity contribution >= 4 is 6.29 Å². The first-order valence-electron chi connectivity index (χ1n) is 3.89. The summed E-state index contributed by atoms with van der Waals surface area (Å²) in [6, 6.07) is 1.11. The molecule has 0 saturated heterocycles. The standard InChI is InChI=1S/C8H6F3NO.CH4O/c1-5-2-6(4-13)7(3-12-5)8(9,10)11;1-2/h2-4H,1H3;2H,1H3. The number of carbonyl (C=O) groups excluding carboxylic acids is 1. The maximum absolute atomic E-state index is 12.2. The van der Waals surface area contributed by atoms with Gasteiger partial charge in [-0.2, -0.15) is 13.2 Å². The molecule has 1 N–H and O–H groups in total.